The molecule has 0 amide bonds. The van der Waals surface area contributed by atoms with Crippen LogP contribution in [-0.2, 0) is 6.42 Å². The zero-order valence-corrected chi connectivity index (χ0v) is 17.5. The Kier molecular flexibility index (Phi) is 6.37. The molecule has 0 bridgehead atoms. The van der Waals surface area contributed by atoms with E-state index in [0.29, 0.717) is 0 Å². The minimum atomic E-state index is 0.751. The first-order valence-corrected chi connectivity index (χ1v) is 10.4. The molecular formula is C30H21B. The van der Waals surface area contributed by atoms with Crippen molar-refractivity contribution in [3.63, 3.8) is 0 Å². The molecule has 0 nitrogen and oxygen atoms in total. The van der Waals surface area contributed by atoms with Crippen LogP contribution in [0.15, 0.2) is 97.1 Å². The average Bonchev–Trinajstić information content (AvgIpc) is 2.83. The summed E-state index contributed by atoms with van der Waals surface area (Å²) in [7, 11) is 5.75. The summed E-state index contributed by atoms with van der Waals surface area (Å²) in [6, 6.07) is 32.6. The molecule has 0 unspecified atom stereocenters. The summed E-state index contributed by atoms with van der Waals surface area (Å²) in [6.45, 7) is 2.16. The van der Waals surface area contributed by atoms with Gasteiger partial charge in [-0.1, -0.05) is 84.6 Å². The fourth-order valence-electron chi connectivity index (χ4n) is 3.31. The summed E-state index contributed by atoms with van der Waals surface area (Å²) in [4.78, 5) is 0. The molecular weight excluding hydrogens is 371 g/mol. The first kappa shape index (κ1) is 20.3. The van der Waals surface area contributed by atoms with Crippen molar-refractivity contribution in [2.24, 2.45) is 0 Å². The highest BCUT2D eigenvalue weighted by Gasteiger charge is 2.03. The molecule has 4 rings (SSSR count). The van der Waals surface area contributed by atoms with Crippen molar-refractivity contribution >= 4 is 13.3 Å². The lowest BCUT2D eigenvalue weighted by Crippen LogP contribution is -1.99. The van der Waals surface area contributed by atoms with Gasteiger partial charge in [0, 0.05) is 22.3 Å². The Morgan fingerprint density at radius 3 is 1.77 bits per heavy atom. The van der Waals surface area contributed by atoms with Gasteiger partial charge in [0.15, 0.2) is 0 Å². The van der Waals surface area contributed by atoms with Crippen molar-refractivity contribution < 1.29 is 0 Å². The molecule has 144 valence electrons. The molecule has 0 atom stereocenters. The van der Waals surface area contributed by atoms with E-state index in [4.69, 9.17) is 7.85 Å². The maximum absolute atomic E-state index is 5.75. The second-order valence-corrected chi connectivity index (χ2v) is 7.29. The Morgan fingerprint density at radius 2 is 1.13 bits per heavy atom. The number of hydrogen-bond donors (Lipinski definition) is 0. The molecule has 0 spiro atoms. The second-order valence-electron chi connectivity index (χ2n) is 7.29. The van der Waals surface area contributed by atoms with Gasteiger partial charge in [0.1, 0.15) is 7.85 Å². The third-order valence-corrected chi connectivity index (χ3v) is 5.08. The standard InChI is InChI=1S/C30H21B/c1-2-26-22-29(19-18-27(26)15-10-25-13-20-30(31)21-14-25)28-16-11-24(12-17-28)9-8-23-6-4-3-5-7-23/h3-7,11-14,16-22H,2H2,1H3. The quantitative estimate of drug-likeness (QED) is 0.312. The van der Waals surface area contributed by atoms with E-state index in [9.17, 15) is 0 Å². The van der Waals surface area contributed by atoms with Crippen LogP contribution in [0.25, 0.3) is 11.1 Å². The van der Waals surface area contributed by atoms with Gasteiger partial charge in [-0.3, -0.25) is 0 Å². The Balaban J connectivity index is 1.55. The maximum Gasteiger partial charge on any atom is 0.113 e. The molecule has 1 heteroatoms. The van der Waals surface area contributed by atoms with Crippen molar-refractivity contribution in [3.05, 3.63) is 125 Å². The minimum Gasteiger partial charge on any atom is -0.0966 e. The molecule has 0 fully saturated rings. The zero-order valence-electron chi connectivity index (χ0n) is 17.5. The monoisotopic (exact) mass is 392 g/mol. The van der Waals surface area contributed by atoms with Crippen LogP contribution in [0.4, 0.5) is 0 Å². The van der Waals surface area contributed by atoms with E-state index in [0.717, 1.165) is 34.1 Å². The Bertz CT molecular complexity index is 1290. The number of rotatable bonds is 2. The van der Waals surface area contributed by atoms with Crippen LogP contribution < -0.4 is 5.46 Å². The fraction of sp³-hybridized carbons (Fsp3) is 0.0667. The van der Waals surface area contributed by atoms with Crippen molar-refractivity contribution in [2.75, 3.05) is 0 Å². The van der Waals surface area contributed by atoms with E-state index >= 15 is 0 Å². The highest BCUT2D eigenvalue weighted by Crippen LogP contribution is 2.23. The summed E-state index contributed by atoms with van der Waals surface area (Å²) >= 11 is 0. The Labute approximate surface area is 186 Å². The summed E-state index contributed by atoms with van der Waals surface area (Å²) in [5.41, 5.74) is 8.43. The normalized spacial score (nSPS) is 9.84. The van der Waals surface area contributed by atoms with Crippen LogP contribution in [0.1, 0.15) is 34.7 Å². The zero-order chi connectivity index (χ0) is 21.5. The molecule has 0 saturated heterocycles. The Hall–Kier alpha value is -3.94. The molecule has 0 aliphatic heterocycles. The lowest BCUT2D eigenvalue weighted by Gasteiger charge is -2.07. The van der Waals surface area contributed by atoms with Crippen molar-refractivity contribution in [3.8, 4) is 34.8 Å². The summed E-state index contributed by atoms with van der Waals surface area (Å²) in [5.74, 6) is 13.0. The van der Waals surface area contributed by atoms with E-state index in [1.54, 1.807) is 0 Å². The van der Waals surface area contributed by atoms with E-state index in [1.165, 1.54) is 16.7 Å². The fourth-order valence-corrected chi connectivity index (χ4v) is 3.31. The van der Waals surface area contributed by atoms with Gasteiger partial charge in [0.25, 0.3) is 0 Å². The van der Waals surface area contributed by atoms with Crippen molar-refractivity contribution in [1.29, 1.82) is 0 Å². The maximum atomic E-state index is 5.75. The molecule has 0 saturated carbocycles. The lowest BCUT2D eigenvalue weighted by molar-refractivity contribution is 1.13. The molecule has 0 aliphatic rings. The summed E-state index contributed by atoms with van der Waals surface area (Å²) < 4.78 is 0. The highest BCUT2D eigenvalue weighted by molar-refractivity contribution is 6.32. The van der Waals surface area contributed by atoms with Gasteiger partial charge in [-0.15, -0.1) is 0 Å². The molecule has 2 radical (unpaired) electrons. The van der Waals surface area contributed by atoms with Crippen LogP contribution in [0.3, 0.4) is 0 Å². The van der Waals surface area contributed by atoms with Gasteiger partial charge in [-0.25, -0.2) is 0 Å². The SMILES string of the molecule is [B]c1ccc(C#Cc2ccc(-c3ccc(C#Cc4ccccc4)cc3)cc2CC)cc1. The average molecular weight is 392 g/mol. The van der Waals surface area contributed by atoms with E-state index < -0.39 is 0 Å². The van der Waals surface area contributed by atoms with Gasteiger partial charge in [-0.05, 0) is 71.6 Å². The van der Waals surface area contributed by atoms with Crippen molar-refractivity contribution in [2.45, 2.75) is 13.3 Å². The topological polar surface area (TPSA) is 0 Å². The van der Waals surface area contributed by atoms with Crippen LogP contribution in [0.5, 0.6) is 0 Å². The van der Waals surface area contributed by atoms with Crippen LogP contribution in [0, 0.1) is 23.7 Å². The number of hydrogen-bond acceptors (Lipinski definition) is 0. The third kappa shape index (κ3) is 5.36. The van der Waals surface area contributed by atoms with Gasteiger partial charge in [0.05, 0.1) is 0 Å². The second kappa shape index (κ2) is 9.71. The summed E-state index contributed by atoms with van der Waals surface area (Å²) in [5, 5.41) is 0. The van der Waals surface area contributed by atoms with Crippen LogP contribution >= 0.6 is 0 Å². The molecule has 0 heterocycles. The molecule has 4 aromatic carbocycles. The molecule has 4 aromatic rings. The molecule has 31 heavy (non-hydrogen) atoms. The van der Waals surface area contributed by atoms with Crippen LogP contribution in [-0.4, -0.2) is 7.85 Å². The number of benzene rings is 4. The highest BCUT2D eigenvalue weighted by atomic mass is 14.1. The van der Waals surface area contributed by atoms with E-state index in [1.807, 2.05) is 54.6 Å². The smallest absolute Gasteiger partial charge is 0.0966 e. The lowest BCUT2D eigenvalue weighted by atomic mass is 9.95. The molecule has 0 aliphatic carbocycles. The van der Waals surface area contributed by atoms with Gasteiger partial charge < -0.3 is 0 Å². The van der Waals surface area contributed by atoms with Gasteiger partial charge in [0.2, 0.25) is 0 Å². The first-order chi connectivity index (χ1) is 15.2. The van der Waals surface area contributed by atoms with E-state index in [2.05, 4.69) is 73.1 Å². The third-order valence-electron chi connectivity index (χ3n) is 5.08. The Morgan fingerprint density at radius 1 is 0.581 bits per heavy atom. The first-order valence-electron chi connectivity index (χ1n) is 10.4. The number of aryl methyl sites for hydroxylation is 1. The largest absolute Gasteiger partial charge is 0.113 e. The van der Waals surface area contributed by atoms with E-state index in [-0.39, 0.29) is 0 Å². The minimum absolute atomic E-state index is 0.751. The van der Waals surface area contributed by atoms with Gasteiger partial charge in [-0.2, -0.15) is 0 Å². The predicted octanol–water partition coefficient (Wildman–Crippen LogP) is 5.51. The molecule has 0 aromatic heterocycles. The van der Waals surface area contributed by atoms with Gasteiger partial charge >= 0.3 is 0 Å². The summed E-state index contributed by atoms with van der Waals surface area (Å²) in [6.07, 6.45) is 0.931. The van der Waals surface area contributed by atoms with Crippen LogP contribution in [0.2, 0.25) is 0 Å². The molecule has 0 N–H and O–H groups in total. The van der Waals surface area contributed by atoms with Crippen molar-refractivity contribution in [1.82, 2.24) is 0 Å². The predicted molar refractivity (Wildman–Crippen MR) is 131 cm³/mol.